The van der Waals surface area contributed by atoms with Gasteiger partial charge in [-0.2, -0.15) is 0 Å². The van der Waals surface area contributed by atoms with Crippen molar-refractivity contribution in [3.63, 3.8) is 0 Å². The van der Waals surface area contributed by atoms with Crippen molar-refractivity contribution >= 4 is 0 Å². The fourth-order valence-electron chi connectivity index (χ4n) is 2.95. The quantitative estimate of drug-likeness (QED) is 0.790. The van der Waals surface area contributed by atoms with Crippen molar-refractivity contribution in [1.82, 2.24) is 5.32 Å². The number of hydrogen-bond donors (Lipinski definition) is 1. The average molecular weight is 236 g/mol. The molecule has 1 aromatic rings. The van der Waals surface area contributed by atoms with E-state index in [1.54, 1.807) is 12.1 Å². The smallest absolute Gasteiger partial charge is 0.169 e. The van der Waals surface area contributed by atoms with E-state index >= 15 is 0 Å². The van der Waals surface area contributed by atoms with Gasteiger partial charge in [-0.15, -0.1) is 0 Å². The molecule has 4 rings (SSSR count). The number of nitrogens with one attached hydrogen (secondary N) is 1. The van der Waals surface area contributed by atoms with Crippen LogP contribution in [0.1, 0.15) is 37.3 Å². The van der Waals surface area contributed by atoms with E-state index in [-0.39, 0.29) is 11.8 Å². The van der Waals surface area contributed by atoms with Gasteiger partial charge < -0.3 is 5.32 Å². The second kappa shape index (κ2) is 2.89. The standard InChI is InChI=1S/C14H15F2N/c15-12-6-14(12,16)10-2-1-9-7-17-8-13(3-4-13)11(9)5-10/h1-2,5,12,17H,3-4,6-8H2/t12-,14+/m0/s1/i7D/t7?,12-,14+. The minimum atomic E-state index is -1.76. The van der Waals surface area contributed by atoms with Crippen LogP contribution in [0.4, 0.5) is 8.78 Å². The lowest BCUT2D eigenvalue weighted by Gasteiger charge is -2.27. The Morgan fingerprint density at radius 1 is 1.41 bits per heavy atom. The second-order valence-electron chi connectivity index (χ2n) is 5.64. The van der Waals surface area contributed by atoms with Gasteiger partial charge in [0, 0.05) is 26.3 Å². The molecule has 1 spiro atoms. The molecular formula is C14H15F2N. The molecule has 0 radical (unpaired) electrons. The number of benzene rings is 1. The summed E-state index contributed by atoms with van der Waals surface area (Å²) in [5.41, 5.74) is 0.819. The first-order valence-corrected chi connectivity index (χ1v) is 6.19. The molecule has 2 saturated carbocycles. The summed E-state index contributed by atoms with van der Waals surface area (Å²) in [5.74, 6) is 0. The molecule has 1 aromatic carbocycles. The van der Waals surface area contributed by atoms with Crippen LogP contribution in [0.2, 0.25) is 0 Å². The van der Waals surface area contributed by atoms with E-state index in [0.717, 1.165) is 30.5 Å². The highest BCUT2D eigenvalue weighted by Crippen LogP contribution is 2.55. The largest absolute Gasteiger partial charge is 0.312 e. The fourth-order valence-corrected chi connectivity index (χ4v) is 2.95. The summed E-state index contributed by atoms with van der Waals surface area (Å²) in [7, 11) is 0. The van der Waals surface area contributed by atoms with E-state index in [1.807, 2.05) is 6.07 Å². The van der Waals surface area contributed by atoms with Crippen molar-refractivity contribution in [2.24, 2.45) is 0 Å². The number of halogens is 2. The molecule has 17 heavy (non-hydrogen) atoms. The Kier molecular flexibility index (Phi) is 1.53. The summed E-state index contributed by atoms with van der Waals surface area (Å²) in [5, 5.41) is 3.17. The number of hydrogen-bond acceptors (Lipinski definition) is 1. The molecule has 1 N–H and O–H groups in total. The monoisotopic (exact) mass is 236 g/mol. The second-order valence-corrected chi connectivity index (χ2v) is 5.64. The lowest BCUT2D eigenvalue weighted by molar-refractivity contribution is 0.251. The number of fused-ring (bicyclic) bond motifs is 2. The van der Waals surface area contributed by atoms with Crippen LogP contribution in [-0.4, -0.2) is 12.7 Å². The van der Waals surface area contributed by atoms with Crippen molar-refractivity contribution in [2.45, 2.75) is 43.0 Å². The average Bonchev–Trinajstić information content (AvgIpc) is 3.25. The summed E-state index contributed by atoms with van der Waals surface area (Å²) in [4.78, 5) is 0. The molecule has 3 heteroatoms. The lowest BCUT2D eigenvalue weighted by atomic mass is 9.86. The van der Waals surface area contributed by atoms with Crippen LogP contribution in [0, 0.1) is 0 Å². The van der Waals surface area contributed by atoms with Gasteiger partial charge in [0.2, 0.25) is 0 Å². The third kappa shape index (κ3) is 1.26. The van der Waals surface area contributed by atoms with Crippen LogP contribution in [0.25, 0.3) is 0 Å². The molecule has 90 valence electrons. The first kappa shape index (κ1) is 9.03. The Bertz CT molecular complexity index is 529. The fraction of sp³-hybridized carbons (Fsp3) is 0.571. The SMILES string of the molecule is [2H]C1NCC2(CC2)c2cc([C@]3(F)C[C@@H]3F)ccc21. The van der Waals surface area contributed by atoms with Crippen LogP contribution < -0.4 is 5.32 Å². The zero-order chi connectivity index (χ0) is 12.5. The van der Waals surface area contributed by atoms with Crippen LogP contribution in [-0.2, 0) is 17.6 Å². The van der Waals surface area contributed by atoms with E-state index < -0.39 is 18.4 Å². The highest BCUT2D eigenvalue weighted by molar-refractivity contribution is 5.46. The molecule has 0 amide bonds. The highest BCUT2D eigenvalue weighted by Gasteiger charge is 2.58. The molecule has 0 aromatic heterocycles. The Morgan fingerprint density at radius 2 is 2.18 bits per heavy atom. The van der Waals surface area contributed by atoms with Crippen LogP contribution >= 0.6 is 0 Å². The third-order valence-corrected chi connectivity index (χ3v) is 4.47. The Morgan fingerprint density at radius 3 is 2.82 bits per heavy atom. The molecule has 1 aliphatic heterocycles. The van der Waals surface area contributed by atoms with E-state index in [4.69, 9.17) is 1.37 Å². The van der Waals surface area contributed by atoms with E-state index in [1.165, 1.54) is 0 Å². The maximum absolute atomic E-state index is 14.1. The van der Waals surface area contributed by atoms with Crippen molar-refractivity contribution in [2.75, 3.05) is 6.54 Å². The van der Waals surface area contributed by atoms with Gasteiger partial charge in [-0.05, 0) is 29.5 Å². The summed E-state index contributed by atoms with van der Waals surface area (Å²) in [6, 6.07) is 5.29. The summed E-state index contributed by atoms with van der Waals surface area (Å²) >= 11 is 0. The van der Waals surface area contributed by atoms with Crippen molar-refractivity contribution in [3.8, 4) is 0 Å². The maximum atomic E-state index is 14.1. The molecule has 3 aliphatic rings. The van der Waals surface area contributed by atoms with Gasteiger partial charge in [-0.3, -0.25) is 0 Å². The molecule has 2 fully saturated rings. The normalized spacial score (nSPS) is 41.9. The lowest BCUT2D eigenvalue weighted by Crippen LogP contribution is -2.33. The van der Waals surface area contributed by atoms with Crippen molar-refractivity contribution in [1.29, 1.82) is 0 Å². The van der Waals surface area contributed by atoms with Gasteiger partial charge in [-0.25, -0.2) is 8.78 Å². The number of alkyl halides is 2. The molecule has 0 saturated heterocycles. The summed E-state index contributed by atoms with van der Waals surface area (Å²) in [6.45, 7) is 0.354. The summed E-state index contributed by atoms with van der Waals surface area (Å²) in [6.07, 6.45) is 0.809. The third-order valence-electron chi connectivity index (χ3n) is 4.47. The minimum absolute atomic E-state index is 0.0126. The van der Waals surface area contributed by atoms with E-state index in [2.05, 4.69) is 5.32 Å². The maximum Gasteiger partial charge on any atom is 0.169 e. The molecule has 1 heterocycles. The number of rotatable bonds is 1. The predicted octanol–water partition coefficient (Wildman–Crippen LogP) is 2.73. The first-order valence-electron chi connectivity index (χ1n) is 6.76. The van der Waals surface area contributed by atoms with Gasteiger partial charge in [0.15, 0.2) is 5.67 Å². The Labute approximate surface area is 101 Å². The van der Waals surface area contributed by atoms with Gasteiger partial charge in [0.1, 0.15) is 6.17 Å². The van der Waals surface area contributed by atoms with Crippen LogP contribution in [0.15, 0.2) is 18.2 Å². The zero-order valence-electron chi connectivity index (χ0n) is 10.5. The highest BCUT2D eigenvalue weighted by atomic mass is 19.2. The Hall–Kier alpha value is -0.960. The van der Waals surface area contributed by atoms with Crippen LogP contribution in [0.3, 0.4) is 0 Å². The zero-order valence-corrected chi connectivity index (χ0v) is 9.47. The topological polar surface area (TPSA) is 12.0 Å². The summed E-state index contributed by atoms with van der Waals surface area (Å²) < 4.78 is 35.2. The first-order chi connectivity index (χ1) is 8.55. The van der Waals surface area contributed by atoms with Gasteiger partial charge in [0.25, 0.3) is 0 Å². The molecule has 1 nitrogen and oxygen atoms in total. The molecule has 0 bridgehead atoms. The predicted molar refractivity (Wildman–Crippen MR) is 61.4 cm³/mol. The molecule has 3 atom stereocenters. The van der Waals surface area contributed by atoms with Gasteiger partial charge in [-0.1, -0.05) is 18.2 Å². The van der Waals surface area contributed by atoms with Crippen molar-refractivity contribution < 1.29 is 10.2 Å². The Balaban J connectivity index is 1.82. The molecular weight excluding hydrogens is 220 g/mol. The van der Waals surface area contributed by atoms with Crippen LogP contribution in [0.5, 0.6) is 0 Å². The van der Waals surface area contributed by atoms with E-state index in [9.17, 15) is 8.78 Å². The van der Waals surface area contributed by atoms with Gasteiger partial charge in [0.05, 0.1) is 0 Å². The molecule has 1 unspecified atom stereocenters. The van der Waals surface area contributed by atoms with E-state index in [0.29, 0.717) is 5.56 Å². The molecule has 2 aliphatic carbocycles. The van der Waals surface area contributed by atoms with Gasteiger partial charge >= 0.3 is 0 Å². The minimum Gasteiger partial charge on any atom is -0.312 e. The van der Waals surface area contributed by atoms with Crippen molar-refractivity contribution in [3.05, 3.63) is 34.9 Å².